The lowest BCUT2D eigenvalue weighted by Gasteiger charge is -2.08. The number of hydrogen-bond donors (Lipinski definition) is 1. The highest BCUT2D eigenvalue weighted by Crippen LogP contribution is 2.48. The Labute approximate surface area is 138 Å². The van der Waals surface area contributed by atoms with Crippen LogP contribution in [0, 0.1) is 0 Å². The van der Waals surface area contributed by atoms with Crippen molar-refractivity contribution in [3.63, 3.8) is 0 Å². The highest BCUT2D eigenvalue weighted by molar-refractivity contribution is 7.08. The van der Waals surface area contributed by atoms with Crippen LogP contribution in [0.1, 0.15) is 40.9 Å². The van der Waals surface area contributed by atoms with Gasteiger partial charge in [0.2, 0.25) is 0 Å². The van der Waals surface area contributed by atoms with E-state index in [-0.39, 0.29) is 5.97 Å². The van der Waals surface area contributed by atoms with Crippen molar-refractivity contribution in [2.75, 3.05) is 19.4 Å². The summed E-state index contributed by atoms with van der Waals surface area (Å²) in [6.07, 6.45) is 2.12. The van der Waals surface area contributed by atoms with Crippen LogP contribution in [0.5, 0.6) is 0 Å². The molecular weight excluding hydrogens is 312 g/mol. The highest BCUT2D eigenvalue weighted by Gasteiger charge is 2.34. The van der Waals surface area contributed by atoms with Gasteiger partial charge < -0.3 is 10.5 Å². The van der Waals surface area contributed by atoms with Crippen LogP contribution in [-0.4, -0.2) is 24.0 Å². The van der Waals surface area contributed by atoms with Gasteiger partial charge in [0.05, 0.1) is 18.0 Å². The molecule has 1 aromatic carbocycles. The number of anilines is 1. The third-order valence-electron chi connectivity index (χ3n) is 3.72. The van der Waals surface area contributed by atoms with Crippen molar-refractivity contribution in [1.82, 2.24) is 4.37 Å². The van der Waals surface area contributed by atoms with Gasteiger partial charge in [0, 0.05) is 18.2 Å². The molecule has 1 aromatic heterocycles. The van der Waals surface area contributed by atoms with E-state index in [4.69, 9.17) is 10.5 Å². The van der Waals surface area contributed by atoms with E-state index in [1.807, 2.05) is 12.1 Å². The molecule has 0 atom stereocenters. The first kappa shape index (κ1) is 15.6. The van der Waals surface area contributed by atoms with Gasteiger partial charge in [0.1, 0.15) is 10.6 Å². The molecule has 0 spiro atoms. The number of nitrogens with two attached hydrogens (primary N) is 1. The Morgan fingerprint density at radius 3 is 2.91 bits per heavy atom. The Balaban J connectivity index is 2.11. The number of ether oxygens (including phenoxy) is 1. The normalized spacial score (nSPS) is 14.3. The van der Waals surface area contributed by atoms with Gasteiger partial charge in [0.25, 0.3) is 0 Å². The van der Waals surface area contributed by atoms with Crippen molar-refractivity contribution < 1.29 is 9.53 Å². The summed E-state index contributed by atoms with van der Waals surface area (Å²) in [5, 5.41) is 7.82. The molecule has 0 aliphatic heterocycles. The Morgan fingerprint density at radius 2 is 2.26 bits per heavy atom. The minimum Gasteiger partial charge on any atom is -0.462 e. The van der Waals surface area contributed by atoms with Gasteiger partial charge in [-0.1, -0.05) is 12.1 Å². The van der Waals surface area contributed by atoms with E-state index in [9.17, 15) is 4.79 Å². The number of rotatable bonds is 5. The van der Waals surface area contributed by atoms with E-state index in [0.29, 0.717) is 28.8 Å². The van der Waals surface area contributed by atoms with Crippen LogP contribution in [0.25, 0.3) is 11.3 Å². The molecule has 0 saturated heterocycles. The third kappa shape index (κ3) is 2.96. The van der Waals surface area contributed by atoms with Crippen LogP contribution in [0.3, 0.4) is 0 Å². The molecule has 2 aromatic rings. The van der Waals surface area contributed by atoms with Crippen molar-refractivity contribution in [1.29, 1.82) is 0 Å². The fourth-order valence-corrected chi connectivity index (χ4v) is 3.41. The average Bonchev–Trinajstić information content (AvgIpc) is 3.28. The molecule has 1 saturated carbocycles. The molecule has 1 heterocycles. The largest absolute Gasteiger partial charge is 0.462 e. The minimum atomic E-state index is -0.305. The molecule has 120 valence electrons. The molecule has 6 nitrogen and oxygen atoms in total. The van der Waals surface area contributed by atoms with Crippen LogP contribution in [-0.2, 0) is 4.74 Å². The zero-order valence-electron chi connectivity index (χ0n) is 13.1. The standard InChI is InChI=1S/C16H18N4O2S/c1-3-22-16(21)15-12(9-7-8-9)14(20-23-15)10-5-4-6-11(13(10)17)19-18-2/h4-6,9H,3,7-8,17H2,1-2H3. The number of hydrogen-bond acceptors (Lipinski definition) is 7. The maximum atomic E-state index is 12.2. The zero-order valence-corrected chi connectivity index (χ0v) is 13.9. The summed E-state index contributed by atoms with van der Waals surface area (Å²) < 4.78 is 9.66. The Hall–Kier alpha value is -2.28. The molecule has 0 bridgehead atoms. The van der Waals surface area contributed by atoms with E-state index in [1.54, 1.807) is 20.0 Å². The van der Waals surface area contributed by atoms with Gasteiger partial charge in [-0.15, -0.1) is 0 Å². The molecule has 1 aliphatic carbocycles. The maximum absolute atomic E-state index is 12.2. The van der Waals surface area contributed by atoms with E-state index >= 15 is 0 Å². The van der Waals surface area contributed by atoms with Crippen molar-refractivity contribution in [3.8, 4) is 11.3 Å². The first-order chi connectivity index (χ1) is 11.2. The Bertz CT molecular complexity index is 765. The average molecular weight is 330 g/mol. The van der Waals surface area contributed by atoms with Gasteiger partial charge in [-0.3, -0.25) is 0 Å². The smallest absolute Gasteiger partial charge is 0.350 e. The van der Waals surface area contributed by atoms with E-state index in [0.717, 1.165) is 29.7 Å². The van der Waals surface area contributed by atoms with Gasteiger partial charge in [-0.2, -0.15) is 14.6 Å². The number of carbonyl (C=O) groups excluding carboxylic acids is 1. The van der Waals surface area contributed by atoms with Crippen molar-refractivity contribution in [3.05, 3.63) is 28.6 Å². The number of nitrogen functional groups attached to an aromatic ring is 1. The number of para-hydroxylation sites is 1. The van der Waals surface area contributed by atoms with E-state index in [1.165, 1.54) is 11.5 Å². The summed E-state index contributed by atoms with van der Waals surface area (Å²) in [5.41, 5.74) is 9.90. The Kier molecular flexibility index (Phi) is 4.38. The summed E-state index contributed by atoms with van der Waals surface area (Å²) in [4.78, 5) is 12.8. The second kappa shape index (κ2) is 6.45. The van der Waals surface area contributed by atoms with Crippen molar-refractivity contribution in [2.24, 2.45) is 10.2 Å². The number of carbonyl (C=O) groups is 1. The summed E-state index contributed by atoms with van der Waals surface area (Å²) in [6.45, 7) is 2.15. The summed E-state index contributed by atoms with van der Waals surface area (Å²) in [5.74, 6) is 0.0557. The second-order valence-corrected chi connectivity index (χ2v) is 6.08. The summed E-state index contributed by atoms with van der Waals surface area (Å²) in [7, 11) is 1.60. The van der Waals surface area contributed by atoms with Crippen LogP contribution in [0.15, 0.2) is 28.4 Å². The van der Waals surface area contributed by atoms with Crippen LogP contribution < -0.4 is 5.73 Å². The van der Waals surface area contributed by atoms with Gasteiger partial charge in [-0.05, 0) is 43.3 Å². The van der Waals surface area contributed by atoms with Crippen LogP contribution in [0.4, 0.5) is 11.4 Å². The predicted molar refractivity (Wildman–Crippen MR) is 90.3 cm³/mol. The predicted octanol–water partition coefficient (Wildman–Crippen LogP) is 4.16. The monoisotopic (exact) mass is 330 g/mol. The summed E-state index contributed by atoms with van der Waals surface area (Å²) >= 11 is 1.18. The molecule has 0 amide bonds. The molecule has 1 fully saturated rings. The number of benzene rings is 1. The molecule has 23 heavy (non-hydrogen) atoms. The SMILES string of the molecule is CCOC(=O)c1snc(-c2cccc(N=NC)c2N)c1C1CC1. The minimum absolute atomic E-state index is 0.305. The highest BCUT2D eigenvalue weighted by atomic mass is 32.1. The fourth-order valence-electron chi connectivity index (χ4n) is 2.54. The number of nitrogens with zero attached hydrogens (tertiary/aromatic N) is 3. The first-order valence-electron chi connectivity index (χ1n) is 7.52. The zero-order chi connectivity index (χ0) is 16.4. The Morgan fingerprint density at radius 1 is 1.48 bits per heavy atom. The van der Waals surface area contributed by atoms with Gasteiger partial charge in [-0.25, -0.2) is 4.79 Å². The number of aromatic nitrogens is 1. The first-order valence-corrected chi connectivity index (χ1v) is 8.30. The lowest BCUT2D eigenvalue weighted by atomic mass is 10.0. The lowest BCUT2D eigenvalue weighted by molar-refractivity contribution is 0.0531. The van der Waals surface area contributed by atoms with Crippen molar-refractivity contribution in [2.45, 2.75) is 25.7 Å². The quantitative estimate of drug-likeness (QED) is 0.506. The molecule has 1 aliphatic rings. The van der Waals surface area contributed by atoms with Crippen molar-refractivity contribution >= 4 is 28.9 Å². The topological polar surface area (TPSA) is 89.9 Å². The molecule has 0 unspecified atom stereocenters. The molecule has 2 N–H and O–H groups in total. The maximum Gasteiger partial charge on any atom is 0.350 e. The van der Waals surface area contributed by atoms with Crippen LogP contribution >= 0.6 is 11.5 Å². The molecular formula is C16H18N4O2S. The van der Waals surface area contributed by atoms with E-state index in [2.05, 4.69) is 14.6 Å². The molecule has 7 heteroatoms. The third-order valence-corrected chi connectivity index (χ3v) is 4.56. The molecule has 0 radical (unpaired) electrons. The number of azo groups is 1. The number of esters is 1. The fraction of sp³-hybridized carbons (Fsp3) is 0.375. The second-order valence-electron chi connectivity index (χ2n) is 5.31. The lowest BCUT2D eigenvalue weighted by Crippen LogP contribution is -2.05. The molecule has 3 rings (SSSR count). The van der Waals surface area contributed by atoms with E-state index < -0.39 is 0 Å². The van der Waals surface area contributed by atoms with Gasteiger partial charge in [0.15, 0.2) is 0 Å². The van der Waals surface area contributed by atoms with Gasteiger partial charge >= 0.3 is 5.97 Å². The van der Waals surface area contributed by atoms with Crippen LogP contribution in [0.2, 0.25) is 0 Å². The summed E-state index contributed by atoms with van der Waals surface area (Å²) in [6, 6.07) is 5.58.